The van der Waals surface area contributed by atoms with Crippen molar-refractivity contribution < 1.29 is 4.79 Å². The van der Waals surface area contributed by atoms with Gasteiger partial charge in [-0.05, 0) is 35.7 Å². The third kappa shape index (κ3) is 3.05. The van der Waals surface area contributed by atoms with Crippen LogP contribution >= 0.6 is 34.3 Å². The normalized spacial score (nSPS) is 13.6. The highest BCUT2D eigenvalue weighted by atomic mass is 35.5. The van der Waals surface area contributed by atoms with E-state index in [9.17, 15) is 4.79 Å². The molecule has 0 saturated carbocycles. The second-order valence-corrected chi connectivity index (χ2v) is 8.09. The van der Waals surface area contributed by atoms with E-state index in [2.05, 4.69) is 21.3 Å². The summed E-state index contributed by atoms with van der Waals surface area (Å²) in [6.45, 7) is 1.77. The fraction of sp³-hybridized carbons (Fsp3) is 0.176. The summed E-state index contributed by atoms with van der Waals surface area (Å²) in [5.41, 5.74) is 2.42. The number of hydrogen-bond acceptors (Lipinski definition) is 5. The molecule has 0 unspecified atom stereocenters. The molecular formula is C17H14ClN3OS2. The average molecular weight is 376 g/mol. The van der Waals surface area contributed by atoms with E-state index in [-0.39, 0.29) is 0 Å². The third-order valence-electron chi connectivity index (χ3n) is 3.96. The predicted molar refractivity (Wildman–Crippen MR) is 101 cm³/mol. The highest BCUT2D eigenvalue weighted by Gasteiger charge is 2.21. The van der Waals surface area contributed by atoms with Crippen molar-refractivity contribution in [3.8, 4) is 10.4 Å². The Bertz CT molecular complexity index is 890. The van der Waals surface area contributed by atoms with E-state index in [4.69, 9.17) is 11.6 Å². The molecule has 1 N–H and O–H groups in total. The van der Waals surface area contributed by atoms with Gasteiger partial charge in [0, 0.05) is 22.6 Å². The lowest BCUT2D eigenvalue weighted by atomic mass is 10.1. The first kappa shape index (κ1) is 15.6. The van der Waals surface area contributed by atoms with Crippen molar-refractivity contribution in [3.05, 3.63) is 52.0 Å². The van der Waals surface area contributed by atoms with E-state index in [1.165, 1.54) is 10.4 Å². The van der Waals surface area contributed by atoms with Gasteiger partial charge in [0.05, 0.1) is 16.4 Å². The van der Waals surface area contributed by atoms with E-state index in [0.717, 1.165) is 51.5 Å². The number of hydrogen-bond donors (Lipinski definition) is 1. The van der Waals surface area contributed by atoms with Gasteiger partial charge in [0.1, 0.15) is 0 Å². The van der Waals surface area contributed by atoms with Gasteiger partial charge < -0.3 is 10.2 Å². The summed E-state index contributed by atoms with van der Waals surface area (Å²) < 4.78 is 0. The molecule has 0 spiro atoms. The number of benzene rings is 1. The van der Waals surface area contributed by atoms with E-state index < -0.39 is 0 Å². The van der Waals surface area contributed by atoms with Gasteiger partial charge in [0.25, 0.3) is 0 Å². The Labute approximate surface area is 152 Å². The molecular weight excluding hydrogens is 362 g/mol. The van der Waals surface area contributed by atoms with Gasteiger partial charge in [-0.2, -0.15) is 0 Å². The predicted octanol–water partition coefficient (Wildman–Crippen LogP) is 4.66. The number of fused-ring (bicyclic) bond motifs is 1. The molecule has 122 valence electrons. The first-order chi connectivity index (χ1) is 11.7. The Balaban J connectivity index is 1.56. The van der Waals surface area contributed by atoms with Gasteiger partial charge in [-0.15, -0.1) is 11.3 Å². The number of amides is 1. The summed E-state index contributed by atoms with van der Waals surface area (Å²) in [6, 6.07) is 9.92. The molecule has 4 rings (SSSR count). The summed E-state index contributed by atoms with van der Waals surface area (Å²) in [7, 11) is 0. The van der Waals surface area contributed by atoms with Crippen molar-refractivity contribution in [2.45, 2.75) is 13.0 Å². The second kappa shape index (κ2) is 6.55. The Morgan fingerprint density at radius 1 is 1.29 bits per heavy atom. The number of halogens is 1. The second-order valence-electron chi connectivity index (χ2n) is 5.51. The van der Waals surface area contributed by atoms with Gasteiger partial charge in [-0.3, -0.25) is 4.79 Å². The smallest absolute Gasteiger partial charge is 0.212 e. The summed E-state index contributed by atoms with van der Waals surface area (Å²) in [4.78, 5) is 19.9. The largest absolute Gasteiger partial charge is 0.343 e. The van der Waals surface area contributed by atoms with Crippen LogP contribution in [0.2, 0.25) is 5.02 Å². The first-order valence-electron chi connectivity index (χ1n) is 7.51. The van der Waals surface area contributed by atoms with E-state index in [1.54, 1.807) is 22.7 Å². The van der Waals surface area contributed by atoms with Crippen LogP contribution in [-0.4, -0.2) is 17.9 Å². The maximum atomic E-state index is 10.6. The monoisotopic (exact) mass is 375 g/mol. The van der Waals surface area contributed by atoms with Crippen molar-refractivity contribution in [1.82, 2.24) is 4.98 Å². The van der Waals surface area contributed by atoms with Crippen LogP contribution < -0.4 is 10.2 Å². The number of thiophene rings is 1. The van der Waals surface area contributed by atoms with Crippen LogP contribution in [0.3, 0.4) is 0 Å². The van der Waals surface area contributed by atoms with Crippen molar-refractivity contribution in [2.75, 3.05) is 16.8 Å². The molecule has 1 aromatic carbocycles. The molecule has 0 atom stereocenters. The molecule has 7 heteroatoms. The Kier molecular flexibility index (Phi) is 4.26. The zero-order valence-corrected chi connectivity index (χ0v) is 15.0. The van der Waals surface area contributed by atoms with Crippen LogP contribution in [0.25, 0.3) is 10.4 Å². The molecule has 0 radical (unpaired) electrons. The lowest BCUT2D eigenvalue weighted by Crippen LogP contribution is -2.29. The Morgan fingerprint density at radius 3 is 3.04 bits per heavy atom. The standard InChI is InChI=1S/C17H14ClN3OS2/c18-13-3-1-2-11(6-13)14-8-19-17(24-14)21-5-4-12-7-16(20-10-22)23-15(12)9-21/h1-3,6-8,10H,4-5,9H2,(H,20,22). The molecule has 24 heavy (non-hydrogen) atoms. The van der Waals surface area contributed by atoms with Crippen LogP contribution in [0, 0.1) is 0 Å². The van der Waals surface area contributed by atoms with Gasteiger partial charge in [-0.25, -0.2) is 4.98 Å². The van der Waals surface area contributed by atoms with Crippen LogP contribution in [0.15, 0.2) is 36.5 Å². The van der Waals surface area contributed by atoms with E-state index in [0.29, 0.717) is 0 Å². The Morgan fingerprint density at radius 2 is 2.21 bits per heavy atom. The number of anilines is 2. The number of nitrogens with zero attached hydrogens (tertiary/aromatic N) is 2. The molecule has 0 saturated heterocycles. The van der Waals surface area contributed by atoms with Crippen LogP contribution in [0.1, 0.15) is 10.4 Å². The fourth-order valence-corrected chi connectivity index (χ4v) is 5.01. The maximum absolute atomic E-state index is 10.6. The molecule has 1 aliphatic heterocycles. The lowest BCUT2D eigenvalue weighted by molar-refractivity contribution is -0.105. The zero-order valence-electron chi connectivity index (χ0n) is 12.7. The molecule has 1 aliphatic rings. The van der Waals surface area contributed by atoms with Crippen LogP contribution in [0.4, 0.5) is 10.1 Å². The molecule has 3 aromatic rings. The molecule has 2 aromatic heterocycles. The van der Waals surface area contributed by atoms with Crippen molar-refractivity contribution in [2.24, 2.45) is 0 Å². The molecule has 1 amide bonds. The minimum atomic E-state index is 0.729. The molecule has 0 fully saturated rings. The molecule has 3 heterocycles. The summed E-state index contributed by atoms with van der Waals surface area (Å²) in [6.07, 6.45) is 3.61. The number of aromatic nitrogens is 1. The molecule has 4 nitrogen and oxygen atoms in total. The summed E-state index contributed by atoms with van der Waals surface area (Å²) in [5.74, 6) is 0. The third-order valence-corrected chi connectivity index (χ3v) is 6.39. The lowest BCUT2D eigenvalue weighted by Gasteiger charge is -2.26. The number of carbonyl (C=O) groups is 1. The summed E-state index contributed by atoms with van der Waals surface area (Å²) >= 11 is 9.40. The van der Waals surface area contributed by atoms with E-state index in [1.807, 2.05) is 30.5 Å². The van der Waals surface area contributed by atoms with Gasteiger partial charge in [0.15, 0.2) is 5.13 Å². The van der Waals surface area contributed by atoms with E-state index >= 15 is 0 Å². The minimum Gasteiger partial charge on any atom is -0.343 e. The quantitative estimate of drug-likeness (QED) is 0.675. The van der Waals surface area contributed by atoms with Crippen molar-refractivity contribution in [3.63, 3.8) is 0 Å². The average Bonchev–Trinajstić information content (AvgIpc) is 3.21. The minimum absolute atomic E-state index is 0.729. The first-order valence-corrected chi connectivity index (χ1v) is 9.52. The molecule has 0 aliphatic carbocycles. The van der Waals surface area contributed by atoms with Gasteiger partial charge in [0.2, 0.25) is 6.41 Å². The molecule has 0 bridgehead atoms. The maximum Gasteiger partial charge on any atom is 0.212 e. The number of thiazole rings is 1. The van der Waals surface area contributed by atoms with Gasteiger partial charge in [-0.1, -0.05) is 35.1 Å². The Hall–Kier alpha value is -1.89. The fourth-order valence-electron chi connectivity index (χ4n) is 2.80. The number of nitrogens with one attached hydrogen (secondary N) is 1. The van der Waals surface area contributed by atoms with Crippen molar-refractivity contribution in [1.29, 1.82) is 0 Å². The van der Waals surface area contributed by atoms with Gasteiger partial charge >= 0.3 is 0 Å². The SMILES string of the molecule is O=CNc1cc2c(s1)CN(c1ncc(-c3cccc(Cl)c3)s1)CC2. The summed E-state index contributed by atoms with van der Waals surface area (Å²) in [5, 5.41) is 5.41. The number of carbonyl (C=O) groups excluding carboxylic acids is 1. The zero-order chi connectivity index (χ0) is 16.5. The van der Waals surface area contributed by atoms with Crippen LogP contribution in [0.5, 0.6) is 0 Å². The van der Waals surface area contributed by atoms with Crippen LogP contribution in [-0.2, 0) is 17.8 Å². The topological polar surface area (TPSA) is 45.2 Å². The number of rotatable bonds is 4. The highest BCUT2D eigenvalue weighted by molar-refractivity contribution is 7.19. The highest BCUT2D eigenvalue weighted by Crippen LogP contribution is 2.37. The van der Waals surface area contributed by atoms with Crippen molar-refractivity contribution >= 4 is 50.8 Å².